The topological polar surface area (TPSA) is 77.8 Å². The molecule has 0 saturated heterocycles. The Morgan fingerprint density at radius 3 is 2.60 bits per heavy atom. The lowest BCUT2D eigenvalue weighted by Crippen LogP contribution is -2.40. The van der Waals surface area contributed by atoms with Gasteiger partial charge in [-0.1, -0.05) is 18.2 Å². The van der Waals surface area contributed by atoms with E-state index < -0.39 is 23.6 Å². The Bertz CT molecular complexity index is 1250. The SMILES string of the molecule is O=C(Nc1nc2ccc(-c3c(F)cccc3F)cn2n1)[C@H]1COc2ccccc2O1. The largest absolute Gasteiger partial charge is 0.485 e. The molecule has 3 heterocycles. The van der Waals surface area contributed by atoms with Crippen molar-refractivity contribution in [2.24, 2.45) is 0 Å². The van der Waals surface area contributed by atoms with Crippen LogP contribution in [0.15, 0.2) is 60.8 Å². The molecule has 150 valence electrons. The first kappa shape index (κ1) is 18.0. The maximum Gasteiger partial charge on any atom is 0.271 e. The Kier molecular flexibility index (Phi) is 4.27. The number of ether oxygens (including phenoxy) is 2. The van der Waals surface area contributed by atoms with Gasteiger partial charge in [0.15, 0.2) is 17.1 Å². The van der Waals surface area contributed by atoms with E-state index in [-0.39, 0.29) is 18.1 Å². The minimum absolute atomic E-state index is 0.0358. The molecule has 0 spiro atoms. The monoisotopic (exact) mass is 408 g/mol. The zero-order valence-corrected chi connectivity index (χ0v) is 15.4. The van der Waals surface area contributed by atoms with E-state index in [0.717, 1.165) is 0 Å². The van der Waals surface area contributed by atoms with Crippen molar-refractivity contribution in [1.29, 1.82) is 0 Å². The third kappa shape index (κ3) is 3.20. The molecule has 1 N–H and O–H groups in total. The van der Waals surface area contributed by atoms with Crippen LogP contribution in [0.5, 0.6) is 11.5 Å². The highest BCUT2D eigenvalue weighted by Gasteiger charge is 2.28. The quantitative estimate of drug-likeness (QED) is 0.562. The third-order valence-corrected chi connectivity index (χ3v) is 4.62. The molecule has 7 nitrogen and oxygen atoms in total. The van der Waals surface area contributed by atoms with Crippen LogP contribution in [-0.4, -0.2) is 33.2 Å². The number of aromatic nitrogens is 3. The number of benzene rings is 2. The van der Waals surface area contributed by atoms with Crippen molar-refractivity contribution in [3.05, 3.63) is 72.4 Å². The molecule has 0 radical (unpaired) electrons. The molecule has 0 aliphatic carbocycles. The van der Waals surface area contributed by atoms with Crippen LogP contribution in [0.1, 0.15) is 0 Å². The number of nitrogens with zero attached hydrogens (tertiary/aromatic N) is 3. The molecule has 1 atom stereocenters. The van der Waals surface area contributed by atoms with E-state index >= 15 is 0 Å². The van der Waals surface area contributed by atoms with Gasteiger partial charge in [-0.05, 0) is 36.4 Å². The maximum absolute atomic E-state index is 14.1. The van der Waals surface area contributed by atoms with E-state index in [0.29, 0.717) is 22.7 Å². The molecule has 0 fully saturated rings. The molecule has 0 unspecified atom stereocenters. The van der Waals surface area contributed by atoms with Crippen molar-refractivity contribution in [3.63, 3.8) is 0 Å². The molecule has 0 saturated carbocycles. The molecular weight excluding hydrogens is 394 g/mol. The normalized spacial score (nSPS) is 15.2. The van der Waals surface area contributed by atoms with Gasteiger partial charge in [-0.3, -0.25) is 10.1 Å². The van der Waals surface area contributed by atoms with Gasteiger partial charge >= 0.3 is 0 Å². The molecule has 0 bridgehead atoms. The molecular formula is C21H14F2N4O3. The summed E-state index contributed by atoms with van der Waals surface area (Å²) >= 11 is 0. The zero-order chi connectivity index (χ0) is 20.7. The summed E-state index contributed by atoms with van der Waals surface area (Å²) in [6.07, 6.45) is 0.574. The summed E-state index contributed by atoms with van der Waals surface area (Å²) in [6, 6.07) is 13.8. The van der Waals surface area contributed by atoms with Gasteiger partial charge in [0.1, 0.15) is 18.2 Å². The first-order chi connectivity index (χ1) is 14.6. The number of anilines is 1. The predicted octanol–water partition coefficient (Wildman–Crippen LogP) is 3.45. The molecule has 2 aromatic carbocycles. The van der Waals surface area contributed by atoms with Crippen molar-refractivity contribution >= 4 is 17.5 Å². The number of amides is 1. The molecule has 9 heteroatoms. The number of nitrogens with one attached hydrogen (secondary N) is 1. The first-order valence-corrected chi connectivity index (χ1v) is 9.08. The van der Waals surface area contributed by atoms with E-state index in [4.69, 9.17) is 9.47 Å². The van der Waals surface area contributed by atoms with E-state index in [1.54, 1.807) is 24.3 Å². The molecule has 1 aliphatic rings. The summed E-state index contributed by atoms with van der Waals surface area (Å²) in [5.74, 6) is -0.756. The van der Waals surface area contributed by atoms with Crippen LogP contribution in [0.25, 0.3) is 16.8 Å². The highest BCUT2D eigenvalue weighted by molar-refractivity contribution is 5.93. The van der Waals surface area contributed by atoms with Gasteiger partial charge in [-0.25, -0.2) is 13.3 Å². The lowest BCUT2D eigenvalue weighted by molar-refractivity contribution is -0.125. The van der Waals surface area contributed by atoms with Crippen molar-refractivity contribution in [2.45, 2.75) is 6.10 Å². The van der Waals surface area contributed by atoms with Gasteiger partial charge in [-0.15, -0.1) is 5.10 Å². The number of fused-ring (bicyclic) bond motifs is 2. The van der Waals surface area contributed by atoms with Crippen molar-refractivity contribution in [2.75, 3.05) is 11.9 Å². The number of pyridine rings is 1. The second kappa shape index (κ2) is 7.11. The second-order valence-corrected chi connectivity index (χ2v) is 6.61. The molecule has 5 rings (SSSR count). The molecule has 1 amide bonds. The van der Waals surface area contributed by atoms with Gasteiger partial charge in [0, 0.05) is 11.8 Å². The number of hydrogen-bond acceptors (Lipinski definition) is 5. The fourth-order valence-electron chi connectivity index (χ4n) is 3.20. The predicted molar refractivity (Wildman–Crippen MR) is 103 cm³/mol. The van der Waals surface area contributed by atoms with Crippen molar-refractivity contribution in [3.8, 4) is 22.6 Å². The first-order valence-electron chi connectivity index (χ1n) is 9.08. The van der Waals surface area contributed by atoms with Gasteiger partial charge in [0.25, 0.3) is 5.91 Å². The van der Waals surface area contributed by atoms with Crippen LogP contribution in [0.3, 0.4) is 0 Å². The summed E-state index contributed by atoms with van der Waals surface area (Å²) < 4.78 is 40.7. The van der Waals surface area contributed by atoms with Crippen LogP contribution in [0.4, 0.5) is 14.7 Å². The maximum atomic E-state index is 14.1. The Morgan fingerprint density at radius 2 is 1.80 bits per heavy atom. The van der Waals surface area contributed by atoms with Gasteiger partial charge < -0.3 is 9.47 Å². The lowest BCUT2D eigenvalue weighted by atomic mass is 10.1. The number of carbonyl (C=O) groups excluding carboxylic acids is 1. The number of carbonyl (C=O) groups is 1. The number of para-hydroxylation sites is 2. The molecule has 4 aromatic rings. The Morgan fingerprint density at radius 1 is 1.03 bits per heavy atom. The fourth-order valence-corrected chi connectivity index (χ4v) is 3.20. The highest BCUT2D eigenvalue weighted by Crippen LogP contribution is 2.31. The molecule has 2 aromatic heterocycles. The van der Waals surface area contributed by atoms with Crippen molar-refractivity contribution in [1.82, 2.24) is 14.6 Å². The molecule has 1 aliphatic heterocycles. The van der Waals surface area contributed by atoms with E-state index in [2.05, 4.69) is 15.4 Å². The highest BCUT2D eigenvalue weighted by atomic mass is 19.1. The van der Waals surface area contributed by atoms with E-state index in [1.165, 1.54) is 35.0 Å². The summed E-state index contributed by atoms with van der Waals surface area (Å²) in [5.41, 5.74) is 0.533. The summed E-state index contributed by atoms with van der Waals surface area (Å²) in [6.45, 7) is 0.0485. The summed E-state index contributed by atoms with van der Waals surface area (Å²) in [5, 5.41) is 6.75. The number of rotatable bonds is 3. The van der Waals surface area contributed by atoms with Crippen LogP contribution in [0.2, 0.25) is 0 Å². The zero-order valence-electron chi connectivity index (χ0n) is 15.4. The summed E-state index contributed by atoms with van der Waals surface area (Å²) in [4.78, 5) is 16.7. The van der Waals surface area contributed by atoms with Crippen LogP contribution in [-0.2, 0) is 4.79 Å². The number of hydrogen-bond donors (Lipinski definition) is 1. The lowest BCUT2D eigenvalue weighted by Gasteiger charge is -2.25. The second-order valence-electron chi connectivity index (χ2n) is 6.61. The average molecular weight is 408 g/mol. The fraction of sp³-hybridized carbons (Fsp3) is 0.0952. The van der Waals surface area contributed by atoms with E-state index in [1.807, 2.05) is 6.07 Å². The minimum Gasteiger partial charge on any atom is -0.485 e. The standard InChI is InChI=1S/C21H14F2N4O3/c22-13-4-3-5-14(23)19(13)12-8-9-18-24-21(26-27(18)10-12)25-20(28)17-11-29-15-6-1-2-7-16(15)30-17/h1-10,17H,11H2,(H,25,26,28)/t17-/m1/s1. The van der Waals surface area contributed by atoms with Crippen molar-refractivity contribution < 1.29 is 23.0 Å². The Labute approximate surface area is 168 Å². The minimum atomic E-state index is -0.866. The van der Waals surface area contributed by atoms with Gasteiger partial charge in [0.05, 0.1) is 5.56 Å². The smallest absolute Gasteiger partial charge is 0.271 e. The van der Waals surface area contributed by atoms with E-state index in [9.17, 15) is 13.6 Å². The summed E-state index contributed by atoms with van der Waals surface area (Å²) in [7, 11) is 0. The Balaban J connectivity index is 1.38. The number of halogens is 2. The Hall–Kier alpha value is -4.01. The van der Waals surface area contributed by atoms with Crippen LogP contribution in [0, 0.1) is 11.6 Å². The molecule has 30 heavy (non-hydrogen) atoms. The average Bonchev–Trinajstić information content (AvgIpc) is 3.15. The third-order valence-electron chi connectivity index (χ3n) is 4.62. The van der Waals surface area contributed by atoms with Crippen LogP contribution < -0.4 is 14.8 Å². The van der Waals surface area contributed by atoms with Gasteiger partial charge in [0.2, 0.25) is 12.1 Å². The van der Waals surface area contributed by atoms with Crippen LogP contribution >= 0.6 is 0 Å². The van der Waals surface area contributed by atoms with Gasteiger partial charge in [-0.2, -0.15) is 4.98 Å².